The van der Waals surface area contributed by atoms with Crippen LogP contribution in [0.25, 0.3) is 0 Å². The highest BCUT2D eigenvalue weighted by Gasteiger charge is 2.23. The standard InChI is InChI=1S/C23H19N5O/c24-15-19-14-18(8-9-20(19)25)23(27-21-3-1-2-11-26-21)28-12-10-16-4-6-17(7-5-16)13-22(28)29/h1-9,11,14H,10,12-13,25H2. The Kier molecular flexibility index (Phi) is 5.04. The van der Waals surface area contributed by atoms with Crippen molar-refractivity contribution in [2.45, 2.75) is 12.8 Å². The summed E-state index contributed by atoms with van der Waals surface area (Å²) in [5.41, 5.74) is 9.39. The number of amides is 1. The van der Waals surface area contributed by atoms with Crippen LogP contribution in [0.5, 0.6) is 0 Å². The second-order valence-corrected chi connectivity index (χ2v) is 6.83. The molecule has 2 aromatic carbocycles. The monoisotopic (exact) mass is 381 g/mol. The summed E-state index contributed by atoms with van der Waals surface area (Å²) in [5, 5.41) is 9.39. The highest BCUT2D eigenvalue weighted by molar-refractivity contribution is 6.09. The Balaban J connectivity index is 1.82. The minimum atomic E-state index is -0.0533. The Labute approximate surface area is 168 Å². The zero-order chi connectivity index (χ0) is 20.2. The Morgan fingerprint density at radius 2 is 1.90 bits per heavy atom. The van der Waals surface area contributed by atoms with Crippen molar-refractivity contribution in [3.05, 3.63) is 89.1 Å². The number of fused-ring (bicyclic) bond motifs is 6. The number of aromatic nitrogens is 1. The van der Waals surface area contributed by atoms with Crippen LogP contribution in [0, 0.1) is 11.3 Å². The van der Waals surface area contributed by atoms with Crippen molar-refractivity contribution in [3.8, 4) is 6.07 Å². The van der Waals surface area contributed by atoms with Gasteiger partial charge in [0.15, 0.2) is 5.82 Å². The summed E-state index contributed by atoms with van der Waals surface area (Å²) in [4.78, 5) is 23.8. The normalized spacial score (nSPS) is 14.1. The largest absolute Gasteiger partial charge is 0.398 e. The molecular formula is C23H19N5O. The van der Waals surface area contributed by atoms with Gasteiger partial charge >= 0.3 is 0 Å². The topological polar surface area (TPSA) is 95.4 Å². The first-order chi connectivity index (χ1) is 14.1. The van der Waals surface area contributed by atoms with E-state index < -0.39 is 0 Å². The van der Waals surface area contributed by atoms with Gasteiger partial charge in [-0.25, -0.2) is 9.98 Å². The van der Waals surface area contributed by atoms with E-state index in [1.165, 1.54) is 0 Å². The number of amidine groups is 1. The molecule has 2 aliphatic heterocycles. The molecular weight excluding hydrogens is 362 g/mol. The van der Waals surface area contributed by atoms with Crippen molar-refractivity contribution in [3.63, 3.8) is 0 Å². The van der Waals surface area contributed by atoms with Gasteiger partial charge in [0, 0.05) is 24.0 Å². The second-order valence-electron chi connectivity index (χ2n) is 6.83. The Hall–Kier alpha value is -3.98. The number of nitrogens with zero attached hydrogens (tertiary/aromatic N) is 4. The SMILES string of the molecule is N#Cc1cc(C(=Nc2ccccn2)N2CCc3ccc(cc3)CC2=O)ccc1N. The van der Waals surface area contributed by atoms with Gasteiger partial charge in [-0.05, 0) is 47.9 Å². The summed E-state index contributed by atoms with van der Waals surface area (Å²) in [7, 11) is 0. The van der Waals surface area contributed by atoms with Crippen LogP contribution in [0.15, 0.2) is 71.9 Å². The third-order valence-electron chi connectivity index (χ3n) is 4.86. The lowest BCUT2D eigenvalue weighted by Crippen LogP contribution is -2.39. The van der Waals surface area contributed by atoms with Crippen LogP contribution in [0.3, 0.4) is 0 Å². The maximum Gasteiger partial charge on any atom is 0.232 e. The zero-order valence-corrected chi connectivity index (χ0v) is 15.7. The molecule has 0 fully saturated rings. The van der Waals surface area contributed by atoms with Crippen LogP contribution in [-0.2, 0) is 17.6 Å². The van der Waals surface area contributed by atoms with Crippen molar-refractivity contribution < 1.29 is 4.79 Å². The molecule has 1 amide bonds. The number of aliphatic imine (C=N–C) groups is 1. The first-order valence-electron chi connectivity index (χ1n) is 9.32. The molecule has 0 saturated carbocycles. The van der Waals surface area contributed by atoms with Crippen molar-refractivity contribution in [1.29, 1.82) is 5.26 Å². The van der Waals surface area contributed by atoms with Gasteiger partial charge in [0.2, 0.25) is 5.91 Å². The van der Waals surface area contributed by atoms with Crippen LogP contribution in [0.4, 0.5) is 11.5 Å². The van der Waals surface area contributed by atoms with Gasteiger partial charge in [-0.15, -0.1) is 0 Å². The van der Waals surface area contributed by atoms with E-state index in [9.17, 15) is 10.1 Å². The number of anilines is 1. The van der Waals surface area contributed by atoms with E-state index >= 15 is 0 Å². The van der Waals surface area contributed by atoms with Crippen molar-refractivity contribution in [2.75, 3.05) is 12.3 Å². The van der Waals surface area contributed by atoms with E-state index in [-0.39, 0.29) is 12.3 Å². The molecule has 0 aliphatic carbocycles. The van der Waals surface area contributed by atoms with Crippen molar-refractivity contribution >= 4 is 23.2 Å². The van der Waals surface area contributed by atoms with Gasteiger partial charge in [-0.2, -0.15) is 5.26 Å². The molecule has 5 rings (SSSR count). The number of hydrogen-bond acceptors (Lipinski definition) is 5. The lowest BCUT2D eigenvalue weighted by atomic mass is 10.1. The molecule has 29 heavy (non-hydrogen) atoms. The first-order valence-corrected chi connectivity index (χ1v) is 9.32. The number of hydrogen-bond donors (Lipinski definition) is 1. The average molecular weight is 381 g/mol. The molecule has 2 bridgehead atoms. The van der Waals surface area contributed by atoms with Gasteiger partial charge in [-0.3, -0.25) is 9.69 Å². The average Bonchev–Trinajstić information content (AvgIpc) is 2.87. The number of carbonyl (C=O) groups excluding carboxylic acids is 1. The molecule has 2 N–H and O–H groups in total. The van der Waals surface area contributed by atoms with Crippen LogP contribution in [0.2, 0.25) is 0 Å². The molecule has 3 heterocycles. The lowest BCUT2D eigenvalue weighted by Gasteiger charge is -2.24. The fraction of sp³-hybridized carbons (Fsp3) is 0.130. The van der Waals surface area contributed by atoms with E-state index in [1.54, 1.807) is 35.4 Å². The molecule has 0 radical (unpaired) electrons. The summed E-state index contributed by atoms with van der Waals surface area (Å²) in [6.45, 7) is 0.480. The number of nitrogens with two attached hydrogens (primary N) is 1. The van der Waals surface area contributed by atoms with Gasteiger partial charge in [-0.1, -0.05) is 30.3 Å². The smallest absolute Gasteiger partial charge is 0.232 e. The van der Waals surface area contributed by atoms with Gasteiger partial charge < -0.3 is 5.73 Å². The van der Waals surface area contributed by atoms with E-state index in [2.05, 4.69) is 28.2 Å². The summed E-state index contributed by atoms with van der Waals surface area (Å²) in [5.74, 6) is 0.903. The number of rotatable bonds is 2. The minimum absolute atomic E-state index is 0.0533. The predicted octanol–water partition coefficient (Wildman–Crippen LogP) is 3.24. The Morgan fingerprint density at radius 1 is 1.10 bits per heavy atom. The highest BCUT2D eigenvalue weighted by atomic mass is 16.2. The molecule has 1 aromatic heterocycles. The third-order valence-corrected chi connectivity index (χ3v) is 4.86. The highest BCUT2D eigenvalue weighted by Crippen LogP contribution is 2.20. The Morgan fingerprint density at radius 3 is 2.62 bits per heavy atom. The number of nitrogen functional groups attached to an aromatic ring is 1. The molecule has 142 valence electrons. The Bertz CT molecular complexity index is 1110. The van der Waals surface area contributed by atoms with Crippen molar-refractivity contribution in [2.24, 2.45) is 4.99 Å². The summed E-state index contributed by atoms with van der Waals surface area (Å²) in [6.07, 6.45) is 2.63. The van der Waals surface area contributed by atoms with Gasteiger partial charge in [0.1, 0.15) is 11.9 Å². The van der Waals surface area contributed by atoms with E-state index in [1.807, 2.05) is 24.3 Å². The first kappa shape index (κ1) is 18.4. The fourth-order valence-corrected chi connectivity index (χ4v) is 3.28. The summed E-state index contributed by atoms with van der Waals surface area (Å²) >= 11 is 0. The third kappa shape index (κ3) is 3.99. The summed E-state index contributed by atoms with van der Waals surface area (Å²) in [6, 6.07) is 20.7. The number of nitriles is 1. The van der Waals surface area contributed by atoms with E-state index in [0.717, 1.165) is 11.1 Å². The van der Waals surface area contributed by atoms with Gasteiger partial charge in [0.25, 0.3) is 0 Å². The van der Waals surface area contributed by atoms with E-state index in [0.29, 0.717) is 41.4 Å². The minimum Gasteiger partial charge on any atom is -0.398 e. The zero-order valence-electron chi connectivity index (χ0n) is 15.7. The maximum atomic E-state index is 13.2. The van der Waals surface area contributed by atoms with Crippen LogP contribution < -0.4 is 5.73 Å². The quantitative estimate of drug-likeness (QED) is 0.419. The fourth-order valence-electron chi connectivity index (χ4n) is 3.28. The molecule has 0 atom stereocenters. The second kappa shape index (κ2) is 7.95. The number of carbonyl (C=O) groups is 1. The molecule has 3 aromatic rings. The molecule has 6 nitrogen and oxygen atoms in total. The lowest BCUT2D eigenvalue weighted by molar-refractivity contribution is -0.126. The van der Waals surface area contributed by atoms with Crippen LogP contribution in [-0.4, -0.2) is 28.2 Å². The van der Waals surface area contributed by atoms with Crippen LogP contribution >= 0.6 is 0 Å². The van der Waals surface area contributed by atoms with E-state index in [4.69, 9.17) is 5.73 Å². The number of pyridine rings is 1. The molecule has 0 unspecified atom stereocenters. The molecule has 2 aliphatic rings. The van der Waals surface area contributed by atoms with Gasteiger partial charge in [0.05, 0.1) is 12.0 Å². The molecule has 6 heteroatoms. The molecule has 0 saturated heterocycles. The van der Waals surface area contributed by atoms with Crippen molar-refractivity contribution in [1.82, 2.24) is 9.88 Å². The predicted molar refractivity (Wildman–Crippen MR) is 112 cm³/mol. The van der Waals surface area contributed by atoms with Crippen LogP contribution in [0.1, 0.15) is 22.3 Å². The summed E-state index contributed by atoms with van der Waals surface area (Å²) < 4.78 is 0. The molecule has 0 spiro atoms. The number of benzene rings is 2. The maximum absolute atomic E-state index is 13.2.